The van der Waals surface area contributed by atoms with E-state index < -0.39 is 4.92 Å². The van der Waals surface area contributed by atoms with Crippen molar-refractivity contribution >= 4 is 28.8 Å². The van der Waals surface area contributed by atoms with Gasteiger partial charge in [-0.1, -0.05) is 0 Å². The Bertz CT molecular complexity index is 607. The van der Waals surface area contributed by atoms with Gasteiger partial charge in [0, 0.05) is 23.9 Å². The molecule has 19 heavy (non-hydrogen) atoms. The summed E-state index contributed by atoms with van der Waals surface area (Å²) in [4.78, 5) is 32.8. The molecule has 7 heteroatoms. The highest BCUT2D eigenvalue weighted by Gasteiger charge is 2.18. The van der Waals surface area contributed by atoms with Crippen LogP contribution in [-0.2, 0) is 9.59 Å². The Morgan fingerprint density at radius 1 is 1.37 bits per heavy atom. The number of carbonyl (C=O) groups is 2. The third-order valence-electron chi connectivity index (χ3n) is 2.51. The lowest BCUT2D eigenvalue weighted by molar-refractivity contribution is -0.384. The van der Waals surface area contributed by atoms with Gasteiger partial charge in [0.25, 0.3) is 5.69 Å². The lowest BCUT2D eigenvalue weighted by Crippen LogP contribution is -2.10. The molecular weight excluding hydrogens is 250 g/mol. The third-order valence-corrected chi connectivity index (χ3v) is 2.51. The monoisotopic (exact) mass is 261 g/mol. The van der Waals surface area contributed by atoms with Gasteiger partial charge in [-0.3, -0.25) is 19.7 Å². The number of ketones is 1. The number of non-ortho nitro benzene ring substituents is 1. The van der Waals surface area contributed by atoms with Gasteiger partial charge in [-0.05, 0) is 13.0 Å². The van der Waals surface area contributed by atoms with Crippen LogP contribution in [0.25, 0.3) is 0 Å². The third kappa shape index (κ3) is 2.95. The van der Waals surface area contributed by atoms with Crippen LogP contribution in [0.5, 0.6) is 0 Å². The van der Waals surface area contributed by atoms with E-state index in [1.807, 2.05) is 0 Å². The smallest absolute Gasteiger partial charge is 0.271 e. The minimum atomic E-state index is -0.538. The fourth-order valence-corrected chi connectivity index (χ4v) is 1.78. The largest absolute Gasteiger partial charge is 0.357 e. The number of hydrogen-bond donors (Lipinski definition) is 2. The number of allylic oxidation sites excluding steroid dienone is 1. The first kappa shape index (κ1) is 12.7. The summed E-state index contributed by atoms with van der Waals surface area (Å²) in [6.07, 6.45) is 1.35. The van der Waals surface area contributed by atoms with Gasteiger partial charge in [-0.25, -0.2) is 0 Å². The molecule has 0 atom stereocenters. The van der Waals surface area contributed by atoms with Gasteiger partial charge in [-0.2, -0.15) is 0 Å². The molecule has 0 bridgehead atoms. The van der Waals surface area contributed by atoms with E-state index in [1.54, 1.807) is 0 Å². The molecule has 0 radical (unpaired) electrons. The number of fused-ring (bicyclic) bond motifs is 1. The van der Waals surface area contributed by atoms with E-state index in [-0.39, 0.29) is 23.8 Å². The summed E-state index contributed by atoms with van der Waals surface area (Å²) in [6.45, 7) is 1.38. The zero-order valence-electron chi connectivity index (χ0n) is 10.1. The van der Waals surface area contributed by atoms with E-state index in [0.29, 0.717) is 17.1 Å². The van der Waals surface area contributed by atoms with Crippen LogP contribution in [-0.4, -0.2) is 16.6 Å². The Morgan fingerprint density at radius 3 is 2.74 bits per heavy atom. The van der Waals surface area contributed by atoms with Gasteiger partial charge in [0.05, 0.1) is 22.7 Å². The molecule has 0 fully saturated rings. The fourth-order valence-electron chi connectivity index (χ4n) is 1.78. The van der Waals surface area contributed by atoms with E-state index in [2.05, 4.69) is 10.6 Å². The lowest BCUT2D eigenvalue weighted by atomic mass is 10.2. The molecule has 1 aliphatic heterocycles. The number of nitrogens with zero attached hydrogens (tertiary/aromatic N) is 1. The molecule has 1 aliphatic rings. The first-order valence-electron chi connectivity index (χ1n) is 5.52. The van der Waals surface area contributed by atoms with Gasteiger partial charge in [0.1, 0.15) is 0 Å². The minimum Gasteiger partial charge on any atom is -0.357 e. The topological polar surface area (TPSA) is 101 Å². The molecule has 0 unspecified atom stereocenters. The quantitative estimate of drug-likeness (QED) is 0.480. The number of carbonyl (C=O) groups excluding carboxylic acids is 2. The second-order valence-electron chi connectivity index (χ2n) is 4.12. The molecule has 0 saturated heterocycles. The van der Waals surface area contributed by atoms with Gasteiger partial charge in [0.15, 0.2) is 5.78 Å². The second kappa shape index (κ2) is 4.89. The number of rotatable bonds is 2. The van der Waals surface area contributed by atoms with Crippen molar-refractivity contribution in [2.24, 2.45) is 0 Å². The molecule has 1 aromatic carbocycles. The van der Waals surface area contributed by atoms with Crippen molar-refractivity contribution in [3.8, 4) is 0 Å². The number of anilines is 2. The van der Waals surface area contributed by atoms with Crippen molar-refractivity contribution in [2.75, 3.05) is 10.6 Å². The molecule has 1 aromatic rings. The summed E-state index contributed by atoms with van der Waals surface area (Å²) in [7, 11) is 0. The number of amides is 1. The predicted octanol–water partition coefficient (Wildman–Crippen LogP) is 1.82. The molecule has 0 spiro atoms. The first-order valence-corrected chi connectivity index (χ1v) is 5.52. The molecular formula is C12H11N3O4. The van der Waals surface area contributed by atoms with Gasteiger partial charge >= 0.3 is 0 Å². The average Bonchev–Trinajstić information content (AvgIpc) is 2.44. The molecule has 7 nitrogen and oxygen atoms in total. The fraction of sp³-hybridized carbons (Fsp3) is 0.167. The number of benzene rings is 1. The molecule has 2 rings (SSSR count). The van der Waals surface area contributed by atoms with E-state index >= 15 is 0 Å². The maximum Gasteiger partial charge on any atom is 0.271 e. The molecule has 0 saturated carbocycles. The number of nitro benzene ring substituents is 1. The van der Waals surface area contributed by atoms with E-state index in [0.717, 1.165) is 0 Å². The van der Waals surface area contributed by atoms with Gasteiger partial charge in [-0.15, -0.1) is 0 Å². The van der Waals surface area contributed by atoms with Crippen LogP contribution >= 0.6 is 0 Å². The molecule has 1 heterocycles. The lowest BCUT2D eigenvalue weighted by Gasteiger charge is -2.07. The van der Waals surface area contributed by atoms with E-state index in [4.69, 9.17) is 0 Å². The molecule has 0 aromatic heterocycles. The van der Waals surface area contributed by atoms with Crippen molar-refractivity contribution in [3.05, 3.63) is 40.1 Å². The highest BCUT2D eigenvalue weighted by molar-refractivity contribution is 6.00. The first-order chi connectivity index (χ1) is 8.95. The maximum absolute atomic E-state index is 11.6. The van der Waals surface area contributed by atoms with E-state index in [9.17, 15) is 19.7 Å². The summed E-state index contributed by atoms with van der Waals surface area (Å²) in [5.41, 5.74) is 1.19. The Hall–Kier alpha value is -2.70. The van der Waals surface area contributed by atoms with Crippen LogP contribution in [0.3, 0.4) is 0 Å². The van der Waals surface area contributed by atoms with E-state index in [1.165, 1.54) is 31.2 Å². The number of nitrogens with one attached hydrogen (secondary N) is 2. The summed E-state index contributed by atoms with van der Waals surface area (Å²) >= 11 is 0. The molecule has 2 N–H and O–H groups in total. The molecule has 98 valence electrons. The van der Waals surface area contributed by atoms with Crippen LogP contribution in [0.4, 0.5) is 17.1 Å². The Labute approximate surface area is 108 Å². The van der Waals surface area contributed by atoms with Crippen LogP contribution in [0.1, 0.15) is 13.3 Å². The zero-order valence-corrected chi connectivity index (χ0v) is 10.1. The Kier molecular flexibility index (Phi) is 3.28. The Morgan fingerprint density at radius 2 is 2.11 bits per heavy atom. The second-order valence-corrected chi connectivity index (χ2v) is 4.12. The van der Waals surface area contributed by atoms with Crippen molar-refractivity contribution < 1.29 is 14.5 Å². The van der Waals surface area contributed by atoms with Crippen LogP contribution in [0, 0.1) is 10.1 Å². The predicted molar refractivity (Wildman–Crippen MR) is 68.7 cm³/mol. The van der Waals surface area contributed by atoms with Crippen LogP contribution < -0.4 is 10.6 Å². The van der Waals surface area contributed by atoms with Gasteiger partial charge in [0.2, 0.25) is 5.91 Å². The highest BCUT2D eigenvalue weighted by Crippen LogP contribution is 2.30. The number of nitro groups is 1. The SMILES string of the molecule is CC(=O)C=C1CC(=O)Nc2cc([N+](=O)[O-])ccc2N1. The zero-order chi connectivity index (χ0) is 14.0. The molecule has 1 amide bonds. The van der Waals surface area contributed by atoms with Crippen molar-refractivity contribution in [3.63, 3.8) is 0 Å². The number of hydrogen-bond acceptors (Lipinski definition) is 5. The van der Waals surface area contributed by atoms with Gasteiger partial charge < -0.3 is 10.6 Å². The molecule has 0 aliphatic carbocycles. The minimum absolute atomic E-state index is 0.0159. The Balaban J connectivity index is 2.42. The average molecular weight is 261 g/mol. The summed E-state index contributed by atoms with van der Waals surface area (Å²) in [6, 6.07) is 4.10. The van der Waals surface area contributed by atoms with Crippen LogP contribution in [0.15, 0.2) is 30.0 Å². The van der Waals surface area contributed by atoms with Crippen molar-refractivity contribution in [1.29, 1.82) is 0 Å². The summed E-state index contributed by atoms with van der Waals surface area (Å²) < 4.78 is 0. The summed E-state index contributed by atoms with van der Waals surface area (Å²) in [5, 5.41) is 16.2. The normalized spacial score (nSPS) is 16.1. The van der Waals surface area contributed by atoms with Crippen molar-refractivity contribution in [1.82, 2.24) is 0 Å². The van der Waals surface area contributed by atoms with Crippen LogP contribution in [0.2, 0.25) is 0 Å². The van der Waals surface area contributed by atoms with Crippen molar-refractivity contribution in [2.45, 2.75) is 13.3 Å². The maximum atomic E-state index is 11.6. The summed E-state index contributed by atoms with van der Waals surface area (Å²) in [5.74, 6) is -0.514. The standard InChI is InChI=1S/C12H11N3O4/c1-7(16)4-8-5-12(17)14-11-6-9(15(18)19)2-3-10(11)13-8/h2-4,6,13H,5H2,1H3,(H,14,17). The highest BCUT2D eigenvalue weighted by atomic mass is 16.6.